The Morgan fingerprint density at radius 1 is 1.33 bits per heavy atom. The molecule has 2 aromatic rings. The molecule has 9 heteroatoms. The average molecular weight is 430 g/mol. The maximum atomic E-state index is 11.4. The van der Waals surface area contributed by atoms with E-state index in [2.05, 4.69) is 45.4 Å². The van der Waals surface area contributed by atoms with Gasteiger partial charge in [0, 0.05) is 61.4 Å². The van der Waals surface area contributed by atoms with Crippen molar-refractivity contribution in [1.82, 2.24) is 20.6 Å². The molecule has 30 heavy (non-hydrogen) atoms. The van der Waals surface area contributed by atoms with Gasteiger partial charge in [-0.05, 0) is 32.8 Å². The van der Waals surface area contributed by atoms with Crippen molar-refractivity contribution in [3.05, 3.63) is 40.0 Å². The fourth-order valence-electron chi connectivity index (χ4n) is 3.53. The van der Waals surface area contributed by atoms with E-state index in [0.717, 1.165) is 67.8 Å². The summed E-state index contributed by atoms with van der Waals surface area (Å²) in [6, 6.07) is 4.00. The Labute approximate surface area is 182 Å². The number of rotatable bonds is 8. The summed E-state index contributed by atoms with van der Waals surface area (Å²) in [6.07, 6.45) is 6.14. The first-order valence-electron chi connectivity index (χ1n) is 10.5. The molecule has 4 N–H and O–H groups in total. The van der Waals surface area contributed by atoms with E-state index >= 15 is 0 Å². The largest absolute Gasteiger partial charge is 0.369 e. The van der Waals surface area contributed by atoms with E-state index < -0.39 is 0 Å². The molecule has 0 aliphatic carbocycles. The molecule has 3 rings (SSSR count). The molecule has 1 saturated heterocycles. The number of thiazole rings is 1. The highest BCUT2D eigenvalue weighted by Gasteiger charge is 2.24. The molecule has 0 saturated carbocycles. The van der Waals surface area contributed by atoms with E-state index in [1.54, 1.807) is 11.3 Å². The fraction of sp³-hybridized carbons (Fsp3) is 0.524. The lowest BCUT2D eigenvalue weighted by atomic mass is 9.96. The highest BCUT2D eigenvalue weighted by atomic mass is 32.1. The Morgan fingerprint density at radius 3 is 2.80 bits per heavy atom. The average Bonchev–Trinajstić information content (AvgIpc) is 3.17. The molecule has 0 atom stereocenters. The minimum absolute atomic E-state index is 0.0300. The van der Waals surface area contributed by atoms with Crippen molar-refractivity contribution in [2.24, 2.45) is 16.6 Å². The molecule has 0 bridgehead atoms. The number of nitrogens with one attached hydrogen (secondary N) is 2. The zero-order chi connectivity index (χ0) is 21.3. The summed E-state index contributed by atoms with van der Waals surface area (Å²) < 4.78 is 0. The van der Waals surface area contributed by atoms with Crippen LogP contribution in [0.3, 0.4) is 0 Å². The number of guanidine groups is 1. The summed E-state index contributed by atoms with van der Waals surface area (Å²) in [7, 11) is 0. The number of carbonyl (C=O) groups is 1. The summed E-state index contributed by atoms with van der Waals surface area (Å²) >= 11 is 1.73. The van der Waals surface area contributed by atoms with Crippen LogP contribution in [0.1, 0.15) is 35.2 Å². The normalized spacial score (nSPS) is 15.3. The quantitative estimate of drug-likeness (QED) is 0.436. The second kappa shape index (κ2) is 10.9. The minimum Gasteiger partial charge on any atom is -0.369 e. The standard InChI is InChI=1S/C21H31N7OS/c1-3-23-21(25-10-6-18-26-13-15(2)30-18)27-14-17-5-4-9-24-20(17)28-11-7-16(8-12-28)19(22)29/h4-5,9,13,16H,3,6-8,10-12,14H2,1-2H3,(H2,22,29)(H2,23,25,27). The van der Waals surface area contributed by atoms with E-state index in [0.29, 0.717) is 6.54 Å². The van der Waals surface area contributed by atoms with Crippen LogP contribution in [0.4, 0.5) is 5.82 Å². The Kier molecular flexibility index (Phi) is 8.01. The van der Waals surface area contributed by atoms with Gasteiger partial charge in [0.15, 0.2) is 5.96 Å². The van der Waals surface area contributed by atoms with Crippen LogP contribution in [-0.2, 0) is 17.8 Å². The van der Waals surface area contributed by atoms with Gasteiger partial charge in [0.25, 0.3) is 0 Å². The van der Waals surface area contributed by atoms with Crippen LogP contribution in [0, 0.1) is 12.8 Å². The molecule has 1 aliphatic rings. The van der Waals surface area contributed by atoms with Crippen LogP contribution in [0.25, 0.3) is 0 Å². The van der Waals surface area contributed by atoms with E-state index in [1.165, 1.54) is 4.88 Å². The maximum absolute atomic E-state index is 11.4. The first kappa shape index (κ1) is 22.0. The van der Waals surface area contributed by atoms with E-state index in [1.807, 2.05) is 18.5 Å². The lowest BCUT2D eigenvalue weighted by Gasteiger charge is -2.32. The van der Waals surface area contributed by atoms with Gasteiger partial charge >= 0.3 is 0 Å². The van der Waals surface area contributed by atoms with Crippen molar-refractivity contribution in [3.8, 4) is 0 Å². The van der Waals surface area contributed by atoms with Crippen molar-refractivity contribution < 1.29 is 4.79 Å². The molecule has 1 amide bonds. The van der Waals surface area contributed by atoms with Gasteiger partial charge in [-0.25, -0.2) is 15.0 Å². The lowest BCUT2D eigenvalue weighted by Crippen LogP contribution is -2.39. The molecular weight excluding hydrogens is 398 g/mol. The Hall–Kier alpha value is -2.68. The zero-order valence-electron chi connectivity index (χ0n) is 17.7. The van der Waals surface area contributed by atoms with Gasteiger partial charge in [-0.1, -0.05) is 6.07 Å². The van der Waals surface area contributed by atoms with Gasteiger partial charge in [-0.15, -0.1) is 11.3 Å². The summed E-state index contributed by atoms with van der Waals surface area (Å²) in [5.74, 6) is 1.50. The number of hydrogen-bond acceptors (Lipinski definition) is 6. The molecule has 1 fully saturated rings. The SMILES string of the molecule is CCNC(=NCc1cccnc1N1CCC(C(N)=O)CC1)NCCc1ncc(C)s1. The first-order valence-corrected chi connectivity index (χ1v) is 11.3. The van der Waals surface area contributed by atoms with Crippen LogP contribution >= 0.6 is 11.3 Å². The van der Waals surface area contributed by atoms with Gasteiger partial charge in [0.1, 0.15) is 5.82 Å². The first-order chi connectivity index (χ1) is 14.6. The summed E-state index contributed by atoms with van der Waals surface area (Å²) in [4.78, 5) is 28.7. The highest BCUT2D eigenvalue weighted by Crippen LogP contribution is 2.24. The number of primary amides is 1. The molecule has 0 radical (unpaired) electrons. The summed E-state index contributed by atoms with van der Waals surface area (Å²) in [5.41, 5.74) is 6.53. The molecule has 0 spiro atoms. The minimum atomic E-state index is -0.199. The van der Waals surface area contributed by atoms with Gasteiger partial charge in [0.05, 0.1) is 11.6 Å². The highest BCUT2D eigenvalue weighted by molar-refractivity contribution is 7.11. The number of aryl methyl sites for hydroxylation is 1. The van der Waals surface area contributed by atoms with Crippen molar-refractivity contribution in [2.75, 3.05) is 31.1 Å². The van der Waals surface area contributed by atoms with Crippen molar-refractivity contribution >= 4 is 29.0 Å². The molecule has 1 aliphatic heterocycles. The van der Waals surface area contributed by atoms with Gasteiger partial charge in [0.2, 0.25) is 5.91 Å². The topological polar surface area (TPSA) is 109 Å². The number of nitrogens with two attached hydrogens (primary N) is 1. The third-order valence-electron chi connectivity index (χ3n) is 5.12. The van der Waals surface area contributed by atoms with E-state index in [9.17, 15) is 4.79 Å². The second-order valence-corrected chi connectivity index (χ2v) is 8.71. The van der Waals surface area contributed by atoms with Gasteiger partial charge in [-0.2, -0.15) is 0 Å². The van der Waals surface area contributed by atoms with Crippen LogP contribution in [0.5, 0.6) is 0 Å². The second-order valence-electron chi connectivity index (χ2n) is 7.39. The van der Waals surface area contributed by atoms with Crippen molar-refractivity contribution in [2.45, 2.75) is 39.7 Å². The molecule has 0 unspecified atom stereocenters. The number of anilines is 1. The Balaban J connectivity index is 1.60. The Bertz CT molecular complexity index is 859. The number of aromatic nitrogens is 2. The van der Waals surface area contributed by atoms with Crippen LogP contribution in [-0.4, -0.2) is 48.0 Å². The number of pyridine rings is 1. The number of nitrogens with zero attached hydrogens (tertiary/aromatic N) is 4. The van der Waals surface area contributed by atoms with Crippen LogP contribution < -0.4 is 21.3 Å². The zero-order valence-corrected chi connectivity index (χ0v) is 18.5. The maximum Gasteiger partial charge on any atom is 0.220 e. The van der Waals surface area contributed by atoms with Crippen molar-refractivity contribution in [1.29, 1.82) is 0 Å². The molecule has 8 nitrogen and oxygen atoms in total. The number of piperidine rings is 1. The third kappa shape index (κ3) is 6.16. The van der Waals surface area contributed by atoms with E-state index in [4.69, 9.17) is 10.7 Å². The smallest absolute Gasteiger partial charge is 0.220 e. The molecule has 0 aromatic carbocycles. The van der Waals surface area contributed by atoms with Crippen LogP contribution in [0.2, 0.25) is 0 Å². The number of carbonyl (C=O) groups excluding carboxylic acids is 1. The van der Waals surface area contributed by atoms with Crippen molar-refractivity contribution in [3.63, 3.8) is 0 Å². The van der Waals surface area contributed by atoms with Gasteiger partial charge in [-0.3, -0.25) is 4.79 Å². The lowest BCUT2D eigenvalue weighted by molar-refractivity contribution is -0.122. The number of aliphatic imine (C=N–C) groups is 1. The van der Waals surface area contributed by atoms with E-state index in [-0.39, 0.29) is 11.8 Å². The number of amides is 1. The number of hydrogen-bond donors (Lipinski definition) is 3. The Morgan fingerprint density at radius 2 is 2.13 bits per heavy atom. The van der Waals surface area contributed by atoms with Crippen LogP contribution in [0.15, 0.2) is 29.5 Å². The molecule has 162 valence electrons. The molecule has 2 aromatic heterocycles. The predicted molar refractivity (Wildman–Crippen MR) is 122 cm³/mol. The summed E-state index contributed by atoms with van der Waals surface area (Å²) in [6.45, 7) is 7.80. The predicted octanol–water partition coefficient (Wildman–Crippen LogP) is 1.85. The van der Waals surface area contributed by atoms with Gasteiger partial charge < -0.3 is 21.3 Å². The fourth-order valence-corrected chi connectivity index (χ4v) is 4.31. The molecule has 3 heterocycles. The summed E-state index contributed by atoms with van der Waals surface area (Å²) in [5, 5.41) is 7.81. The third-order valence-corrected chi connectivity index (χ3v) is 6.09. The monoisotopic (exact) mass is 429 g/mol. The molecular formula is C21H31N7OS.